The molecule has 152 valence electrons. The van der Waals surface area contributed by atoms with Crippen molar-refractivity contribution in [3.05, 3.63) is 98.2 Å². The molecule has 30 heavy (non-hydrogen) atoms. The zero-order chi connectivity index (χ0) is 20.9. The first kappa shape index (κ1) is 19.3. The highest BCUT2D eigenvalue weighted by molar-refractivity contribution is 8.00. The molecule has 4 heteroatoms. The highest BCUT2D eigenvalue weighted by atomic mass is 32.2. The van der Waals surface area contributed by atoms with E-state index in [1.54, 1.807) is 12.1 Å². The lowest BCUT2D eigenvalue weighted by atomic mass is 9.83. The molecule has 1 unspecified atom stereocenters. The fourth-order valence-corrected chi connectivity index (χ4v) is 6.56. The van der Waals surface area contributed by atoms with Gasteiger partial charge in [0.25, 0.3) is 0 Å². The first-order valence-electron chi connectivity index (χ1n) is 10.4. The zero-order valence-electron chi connectivity index (χ0n) is 16.9. The number of aliphatic hydroxyl groups excluding tert-OH is 1. The monoisotopic (exact) mass is 416 g/mol. The van der Waals surface area contributed by atoms with Crippen LogP contribution in [0.25, 0.3) is 11.0 Å². The standard InChI is InChI=1S/C26H24O3S/c1-17-9-11-20(12-10-17)30(28,29)25-8-4-7-23-22(25)13-14-24-21-6-3-2-5-18(21)15-19(16-27)26(23)24/h2-3,5-6,9-15,19,27H,4,7-8,16H2,1H3. The zero-order valence-corrected chi connectivity index (χ0v) is 17.7. The molecule has 0 radical (unpaired) electrons. The van der Waals surface area contributed by atoms with E-state index in [0.29, 0.717) is 16.2 Å². The Labute approximate surface area is 176 Å². The second kappa shape index (κ2) is 7.22. The van der Waals surface area contributed by atoms with Gasteiger partial charge in [-0.3, -0.25) is 0 Å². The summed E-state index contributed by atoms with van der Waals surface area (Å²) in [5.41, 5.74) is 3.20. The maximum absolute atomic E-state index is 13.5. The van der Waals surface area contributed by atoms with Crippen LogP contribution in [0.15, 0.2) is 65.6 Å². The Hall–Kier alpha value is -2.69. The van der Waals surface area contributed by atoms with Gasteiger partial charge >= 0.3 is 0 Å². The molecule has 0 saturated heterocycles. The van der Waals surface area contributed by atoms with E-state index in [2.05, 4.69) is 18.2 Å². The van der Waals surface area contributed by atoms with Crippen molar-refractivity contribution in [3.63, 3.8) is 0 Å². The smallest absolute Gasteiger partial charge is 0.203 e. The number of rotatable bonds is 3. The molecule has 3 aromatic carbocycles. The van der Waals surface area contributed by atoms with Gasteiger partial charge in [0.2, 0.25) is 9.84 Å². The third-order valence-electron chi connectivity index (χ3n) is 6.34. The summed E-state index contributed by atoms with van der Waals surface area (Å²) in [6, 6.07) is 19.3. The molecular weight excluding hydrogens is 392 g/mol. The SMILES string of the molecule is Cc1ccc(S(=O)(=O)C2=c3ccc4c(c3CCC2)C(CO)C=c2ccccc2=4)cc1. The minimum absolute atomic E-state index is 0.0117. The second-order valence-corrected chi connectivity index (χ2v) is 10.2. The fourth-order valence-electron chi connectivity index (χ4n) is 4.88. The number of benzene rings is 3. The molecule has 0 fully saturated rings. The third kappa shape index (κ3) is 2.94. The minimum atomic E-state index is -3.56. The molecule has 0 spiro atoms. The maximum atomic E-state index is 13.5. The average Bonchev–Trinajstić information content (AvgIpc) is 2.77. The number of hydrogen-bond acceptors (Lipinski definition) is 3. The molecule has 2 aliphatic carbocycles. The van der Waals surface area contributed by atoms with Crippen molar-refractivity contribution in [2.45, 2.75) is 37.0 Å². The van der Waals surface area contributed by atoms with Crippen molar-refractivity contribution in [1.29, 1.82) is 0 Å². The molecule has 0 aromatic heterocycles. The molecule has 3 nitrogen and oxygen atoms in total. The van der Waals surface area contributed by atoms with Crippen LogP contribution < -0.4 is 10.4 Å². The van der Waals surface area contributed by atoms with Gasteiger partial charge in [0.15, 0.2) is 0 Å². The normalized spacial score (nSPS) is 17.5. The van der Waals surface area contributed by atoms with Gasteiger partial charge in [-0.25, -0.2) is 8.42 Å². The molecule has 0 aliphatic heterocycles. The molecular formula is C26H24O3S. The number of aryl methyl sites for hydroxylation is 1. The van der Waals surface area contributed by atoms with Crippen LogP contribution >= 0.6 is 0 Å². The summed E-state index contributed by atoms with van der Waals surface area (Å²) in [6.07, 6.45) is 4.29. The molecule has 0 amide bonds. The van der Waals surface area contributed by atoms with Gasteiger partial charge in [0, 0.05) is 5.92 Å². The van der Waals surface area contributed by atoms with Crippen molar-refractivity contribution < 1.29 is 13.5 Å². The molecule has 3 aromatic rings. The van der Waals surface area contributed by atoms with Gasteiger partial charge in [-0.05, 0) is 70.3 Å². The van der Waals surface area contributed by atoms with Crippen LogP contribution in [0.2, 0.25) is 0 Å². The number of aliphatic hydroxyl groups is 1. The highest BCUT2D eigenvalue weighted by Gasteiger charge is 2.27. The van der Waals surface area contributed by atoms with Crippen LogP contribution in [-0.2, 0) is 16.3 Å². The highest BCUT2D eigenvalue weighted by Crippen LogP contribution is 2.31. The van der Waals surface area contributed by atoms with E-state index in [1.807, 2.05) is 43.3 Å². The lowest BCUT2D eigenvalue weighted by Gasteiger charge is -2.24. The molecule has 1 N–H and O–H groups in total. The number of sulfone groups is 1. The fraction of sp³-hybridized carbons (Fsp3) is 0.231. The van der Waals surface area contributed by atoms with E-state index in [0.717, 1.165) is 50.4 Å². The van der Waals surface area contributed by atoms with Crippen LogP contribution in [0.5, 0.6) is 0 Å². The van der Waals surface area contributed by atoms with Crippen LogP contribution in [0, 0.1) is 17.4 Å². The summed E-state index contributed by atoms with van der Waals surface area (Å²) in [5, 5.41) is 14.3. The summed E-state index contributed by atoms with van der Waals surface area (Å²) in [6.45, 7) is 1.97. The average molecular weight is 417 g/mol. The lowest BCUT2D eigenvalue weighted by molar-refractivity contribution is 0.287. The largest absolute Gasteiger partial charge is 0.395 e. The van der Waals surface area contributed by atoms with Crippen molar-refractivity contribution in [3.8, 4) is 0 Å². The van der Waals surface area contributed by atoms with Crippen molar-refractivity contribution in [2.24, 2.45) is 0 Å². The van der Waals surface area contributed by atoms with E-state index >= 15 is 0 Å². The Morgan fingerprint density at radius 1 is 0.900 bits per heavy atom. The van der Waals surface area contributed by atoms with Gasteiger partial charge in [-0.1, -0.05) is 60.2 Å². The van der Waals surface area contributed by atoms with Crippen LogP contribution in [0.4, 0.5) is 0 Å². The Bertz CT molecular complexity index is 1470. The van der Waals surface area contributed by atoms with E-state index in [9.17, 15) is 13.5 Å². The van der Waals surface area contributed by atoms with E-state index in [1.165, 1.54) is 0 Å². The van der Waals surface area contributed by atoms with Gasteiger partial charge in [0.05, 0.1) is 16.4 Å². The van der Waals surface area contributed by atoms with E-state index in [4.69, 9.17) is 0 Å². The second-order valence-electron chi connectivity index (χ2n) is 8.19. The van der Waals surface area contributed by atoms with Crippen LogP contribution in [0.3, 0.4) is 0 Å². The van der Waals surface area contributed by atoms with Crippen molar-refractivity contribution in [2.75, 3.05) is 6.61 Å². The summed E-state index contributed by atoms with van der Waals surface area (Å²) >= 11 is 0. The topological polar surface area (TPSA) is 54.4 Å². The Morgan fingerprint density at radius 3 is 2.40 bits per heavy atom. The summed E-state index contributed by atoms with van der Waals surface area (Å²) in [4.78, 5) is 0.857. The van der Waals surface area contributed by atoms with Gasteiger partial charge in [-0.2, -0.15) is 0 Å². The maximum Gasteiger partial charge on any atom is 0.203 e. The Balaban J connectivity index is 1.86. The first-order chi connectivity index (χ1) is 14.5. The quantitative estimate of drug-likeness (QED) is 0.714. The first-order valence-corrected chi connectivity index (χ1v) is 11.9. The van der Waals surface area contributed by atoms with Crippen molar-refractivity contribution >= 4 is 20.8 Å². The molecule has 0 heterocycles. The van der Waals surface area contributed by atoms with E-state index in [-0.39, 0.29) is 12.5 Å². The third-order valence-corrected chi connectivity index (χ3v) is 8.31. The molecule has 1 atom stereocenters. The van der Waals surface area contributed by atoms with Gasteiger partial charge < -0.3 is 5.11 Å². The van der Waals surface area contributed by atoms with E-state index < -0.39 is 9.84 Å². The molecule has 2 aliphatic rings. The molecule has 0 bridgehead atoms. The predicted octanol–water partition coefficient (Wildman–Crippen LogP) is 3.07. The van der Waals surface area contributed by atoms with Gasteiger partial charge in [-0.15, -0.1) is 0 Å². The lowest BCUT2D eigenvalue weighted by Crippen LogP contribution is -2.27. The van der Waals surface area contributed by atoms with Crippen LogP contribution in [-0.4, -0.2) is 20.1 Å². The summed E-state index contributed by atoms with van der Waals surface area (Å²) in [7, 11) is -3.56. The minimum Gasteiger partial charge on any atom is -0.395 e. The predicted molar refractivity (Wildman–Crippen MR) is 119 cm³/mol. The van der Waals surface area contributed by atoms with Crippen LogP contribution in [0.1, 0.15) is 35.4 Å². The Kier molecular flexibility index (Phi) is 4.64. The Morgan fingerprint density at radius 2 is 1.63 bits per heavy atom. The van der Waals surface area contributed by atoms with Gasteiger partial charge in [0.1, 0.15) is 0 Å². The summed E-state index contributed by atoms with van der Waals surface area (Å²) < 4.78 is 27.0. The summed E-state index contributed by atoms with van der Waals surface area (Å²) in [5.74, 6) is -0.119. The van der Waals surface area contributed by atoms with Crippen molar-refractivity contribution in [1.82, 2.24) is 0 Å². The molecule has 5 rings (SSSR count). The number of fused-ring (bicyclic) bond motifs is 4. The number of hydrogen-bond donors (Lipinski definition) is 1. The molecule has 0 saturated carbocycles.